The number of fused-ring (bicyclic) bond motifs is 1. The van der Waals surface area contributed by atoms with Crippen molar-refractivity contribution in [2.75, 3.05) is 10.2 Å². The minimum atomic E-state index is -0.427. The van der Waals surface area contributed by atoms with Gasteiger partial charge in [0.15, 0.2) is 5.76 Å². The fraction of sp³-hybridized carbons (Fsp3) is 0. The van der Waals surface area contributed by atoms with Gasteiger partial charge >= 0.3 is 0 Å². The summed E-state index contributed by atoms with van der Waals surface area (Å²) in [5.74, 6) is -1.02. The molecule has 1 aliphatic heterocycles. The standard InChI is InChI=1S/C25H16N2O4/c28-23(22-19(13-14-31-22)16-7-2-1-3-8-16)26-17-9-6-10-18(15-17)27-24(29)20-11-4-5-12-21(20)25(27)30/h1-15H,(H,26,28). The number of furan rings is 1. The van der Waals surface area contributed by atoms with Crippen LogP contribution in [-0.4, -0.2) is 17.7 Å². The van der Waals surface area contributed by atoms with Gasteiger partial charge in [0.05, 0.1) is 23.1 Å². The van der Waals surface area contributed by atoms with E-state index in [2.05, 4.69) is 5.32 Å². The first kappa shape index (κ1) is 18.6. The van der Waals surface area contributed by atoms with Gasteiger partial charge in [-0.05, 0) is 42.0 Å². The Labute approximate surface area is 177 Å². The second kappa shape index (κ2) is 7.42. The molecule has 0 radical (unpaired) electrons. The predicted octanol–water partition coefficient (Wildman–Crippen LogP) is 5.00. The molecule has 0 saturated heterocycles. The second-order valence-corrected chi connectivity index (χ2v) is 7.03. The van der Waals surface area contributed by atoms with E-state index in [4.69, 9.17) is 4.42 Å². The number of nitrogens with zero attached hydrogens (tertiary/aromatic N) is 1. The van der Waals surface area contributed by atoms with Gasteiger partial charge in [-0.1, -0.05) is 48.5 Å². The van der Waals surface area contributed by atoms with E-state index in [1.54, 1.807) is 54.6 Å². The van der Waals surface area contributed by atoms with E-state index in [-0.39, 0.29) is 17.6 Å². The van der Waals surface area contributed by atoms with Crippen molar-refractivity contribution in [2.45, 2.75) is 0 Å². The summed E-state index contributed by atoms with van der Waals surface area (Å²) < 4.78 is 5.43. The Morgan fingerprint density at radius 2 is 1.42 bits per heavy atom. The molecular formula is C25H16N2O4. The minimum Gasteiger partial charge on any atom is -0.459 e. The summed E-state index contributed by atoms with van der Waals surface area (Å²) in [5, 5.41) is 2.79. The summed E-state index contributed by atoms with van der Waals surface area (Å²) in [6.45, 7) is 0. The smallest absolute Gasteiger partial charge is 0.292 e. The number of anilines is 2. The first-order chi connectivity index (χ1) is 15.1. The molecule has 5 rings (SSSR count). The topological polar surface area (TPSA) is 79.6 Å². The monoisotopic (exact) mass is 408 g/mol. The average Bonchev–Trinajstić information content (AvgIpc) is 3.39. The molecule has 1 N–H and O–H groups in total. The minimum absolute atomic E-state index is 0.178. The van der Waals surface area contributed by atoms with Crippen molar-refractivity contribution in [1.29, 1.82) is 0 Å². The molecule has 3 amide bonds. The fourth-order valence-electron chi connectivity index (χ4n) is 3.66. The largest absolute Gasteiger partial charge is 0.459 e. The van der Waals surface area contributed by atoms with E-state index in [1.807, 2.05) is 30.3 Å². The molecule has 4 aromatic rings. The maximum atomic E-state index is 12.9. The summed E-state index contributed by atoms with van der Waals surface area (Å²) in [4.78, 5) is 39.4. The molecule has 1 aromatic heterocycles. The van der Waals surface area contributed by atoms with Crippen molar-refractivity contribution in [3.05, 3.63) is 108 Å². The second-order valence-electron chi connectivity index (χ2n) is 7.03. The van der Waals surface area contributed by atoms with E-state index in [1.165, 1.54) is 6.26 Å². The van der Waals surface area contributed by atoms with Gasteiger partial charge < -0.3 is 9.73 Å². The molecule has 1 aliphatic rings. The van der Waals surface area contributed by atoms with Crippen molar-refractivity contribution < 1.29 is 18.8 Å². The summed E-state index contributed by atoms with van der Waals surface area (Å²) >= 11 is 0. The normalized spacial score (nSPS) is 12.7. The highest BCUT2D eigenvalue weighted by atomic mass is 16.3. The lowest BCUT2D eigenvalue weighted by atomic mass is 10.1. The van der Waals surface area contributed by atoms with Gasteiger partial charge in [-0.25, -0.2) is 4.90 Å². The highest BCUT2D eigenvalue weighted by Gasteiger charge is 2.36. The van der Waals surface area contributed by atoms with Crippen LogP contribution >= 0.6 is 0 Å². The van der Waals surface area contributed by atoms with Gasteiger partial charge in [-0.3, -0.25) is 14.4 Å². The predicted molar refractivity (Wildman–Crippen MR) is 116 cm³/mol. The van der Waals surface area contributed by atoms with Crippen LogP contribution in [0.4, 0.5) is 11.4 Å². The van der Waals surface area contributed by atoms with Crippen molar-refractivity contribution in [3.8, 4) is 11.1 Å². The van der Waals surface area contributed by atoms with Crippen LogP contribution in [-0.2, 0) is 0 Å². The van der Waals surface area contributed by atoms with Gasteiger partial charge in [0.2, 0.25) is 0 Å². The Morgan fingerprint density at radius 3 is 2.13 bits per heavy atom. The summed E-state index contributed by atoms with van der Waals surface area (Å²) in [5.41, 5.74) is 3.09. The zero-order valence-corrected chi connectivity index (χ0v) is 16.2. The van der Waals surface area contributed by atoms with Gasteiger partial charge in [0.25, 0.3) is 17.7 Å². The number of nitrogens with one attached hydrogen (secondary N) is 1. The molecule has 0 fully saturated rings. The Morgan fingerprint density at radius 1 is 0.742 bits per heavy atom. The average molecular weight is 408 g/mol. The van der Waals surface area contributed by atoms with Crippen molar-refractivity contribution in [1.82, 2.24) is 0 Å². The lowest BCUT2D eigenvalue weighted by Crippen LogP contribution is -2.29. The number of amides is 3. The van der Waals surface area contributed by atoms with Gasteiger partial charge in [-0.15, -0.1) is 0 Å². The quantitative estimate of drug-likeness (QED) is 0.482. The molecule has 2 heterocycles. The van der Waals surface area contributed by atoms with Gasteiger partial charge in [0.1, 0.15) is 0 Å². The third-order valence-corrected chi connectivity index (χ3v) is 5.11. The van der Waals surface area contributed by atoms with Crippen LogP contribution in [0.5, 0.6) is 0 Å². The molecule has 6 heteroatoms. The van der Waals surface area contributed by atoms with Crippen LogP contribution in [0.15, 0.2) is 95.6 Å². The first-order valence-electron chi connectivity index (χ1n) is 9.65. The molecule has 3 aromatic carbocycles. The zero-order valence-electron chi connectivity index (χ0n) is 16.2. The van der Waals surface area contributed by atoms with Crippen LogP contribution in [0.2, 0.25) is 0 Å². The molecular weight excluding hydrogens is 392 g/mol. The van der Waals surface area contributed by atoms with E-state index >= 15 is 0 Å². The van der Waals surface area contributed by atoms with Crippen LogP contribution in [0, 0.1) is 0 Å². The number of benzene rings is 3. The first-order valence-corrected chi connectivity index (χ1v) is 9.65. The molecule has 0 unspecified atom stereocenters. The van der Waals surface area contributed by atoms with Gasteiger partial charge in [0, 0.05) is 11.3 Å². The number of hydrogen-bond acceptors (Lipinski definition) is 4. The van der Waals surface area contributed by atoms with Crippen LogP contribution in [0.3, 0.4) is 0 Å². The molecule has 0 spiro atoms. The van der Waals surface area contributed by atoms with E-state index in [0.717, 1.165) is 10.5 Å². The molecule has 150 valence electrons. The van der Waals surface area contributed by atoms with Gasteiger partial charge in [-0.2, -0.15) is 0 Å². The van der Waals surface area contributed by atoms with Crippen LogP contribution < -0.4 is 10.2 Å². The highest BCUT2D eigenvalue weighted by Crippen LogP contribution is 2.30. The van der Waals surface area contributed by atoms with Crippen molar-refractivity contribution in [3.63, 3.8) is 0 Å². The van der Waals surface area contributed by atoms with Crippen LogP contribution in [0.1, 0.15) is 31.3 Å². The third-order valence-electron chi connectivity index (χ3n) is 5.11. The van der Waals surface area contributed by atoms with Crippen LogP contribution in [0.25, 0.3) is 11.1 Å². The molecule has 6 nitrogen and oxygen atoms in total. The number of hydrogen-bond donors (Lipinski definition) is 1. The number of carbonyl (C=O) groups is 3. The fourth-order valence-corrected chi connectivity index (χ4v) is 3.66. The summed E-state index contributed by atoms with van der Waals surface area (Å²) in [7, 11) is 0. The number of carbonyl (C=O) groups excluding carboxylic acids is 3. The molecule has 0 atom stereocenters. The number of rotatable bonds is 4. The lowest BCUT2D eigenvalue weighted by molar-refractivity contribution is 0.0925. The Bertz CT molecular complexity index is 1290. The number of imide groups is 1. The Kier molecular flexibility index (Phi) is 4.45. The zero-order chi connectivity index (χ0) is 21.4. The Hall–Kier alpha value is -4.45. The molecule has 31 heavy (non-hydrogen) atoms. The maximum absolute atomic E-state index is 12.9. The molecule has 0 bridgehead atoms. The van der Waals surface area contributed by atoms with Crippen molar-refractivity contribution >= 4 is 29.1 Å². The molecule has 0 aliphatic carbocycles. The Balaban J connectivity index is 1.42. The molecule has 0 saturated carbocycles. The third kappa shape index (κ3) is 3.20. The van der Waals surface area contributed by atoms with E-state index < -0.39 is 5.91 Å². The van der Waals surface area contributed by atoms with Crippen molar-refractivity contribution in [2.24, 2.45) is 0 Å². The summed E-state index contributed by atoms with van der Waals surface area (Å²) in [6.07, 6.45) is 1.46. The highest BCUT2D eigenvalue weighted by molar-refractivity contribution is 6.34. The maximum Gasteiger partial charge on any atom is 0.292 e. The SMILES string of the molecule is O=C(Nc1cccc(N2C(=O)c3ccccc3C2=O)c1)c1occc1-c1ccccc1. The van der Waals surface area contributed by atoms with E-state index in [9.17, 15) is 14.4 Å². The lowest BCUT2D eigenvalue weighted by Gasteiger charge is -2.15. The summed E-state index contributed by atoms with van der Waals surface area (Å²) in [6, 6.07) is 24.5. The van der Waals surface area contributed by atoms with E-state index in [0.29, 0.717) is 28.1 Å².